The van der Waals surface area contributed by atoms with Gasteiger partial charge in [-0.3, -0.25) is 9.69 Å². The maximum Gasteiger partial charge on any atom is 0.252 e. The number of benzene rings is 1. The van der Waals surface area contributed by atoms with Crippen molar-refractivity contribution in [2.75, 3.05) is 26.3 Å². The molecule has 2 aliphatic heterocycles. The van der Waals surface area contributed by atoms with E-state index < -0.39 is 0 Å². The van der Waals surface area contributed by atoms with Gasteiger partial charge in [0.1, 0.15) is 0 Å². The summed E-state index contributed by atoms with van der Waals surface area (Å²) in [6.45, 7) is 2.54. The molecule has 3 atom stereocenters. The maximum absolute atomic E-state index is 12.8. The molecule has 0 aliphatic carbocycles. The van der Waals surface area contributed by atoms with Gasteiger partial charge in [0.15, 0.2) is 0 Å². The topological polar surface area (TPSA) is 66.7 Å². The third-order valence-electron chi connectivity index (χ3n) is 5.45. The number of nitrogens with zero attached hydrogens (tertiary/aromatic N) is 2. The van der Waals surface area contributed by atoms with Crippen molar-refractivity contribution in [3.8, 4) is 0 Å². The molecule has 4 rings (SSSR count). The molecule has 0 saturated carbocycles. The Balaban J connectivity index is 1.43. The highest BCUT2D eigenvalue weighted by Crippen LogP contribution is 2.25. The van der Waals surface area contributed by atoms with E-state index in [1.807, 2.05) is 42.1 Å². The number of carbonyl (C=O) groups is 1. The van der Waals surface area contributed by atoms with Crippen molar-refractivity contribution in [3.05, 3.63) is 36.0 Å². The summed E-state index contributed by atoms with van der Waals surface area (Å²) in [4.78, 5) is 15.2. The van der Waals surface area contributed by atoms with Crippen LogP contribution >= 0.6 is 0 Å². The lowest BCUT2D eigenvalue weighted by Crippen LogP contribution is -2.46. The van der Waals surface area contributed by atoms with Gasteiger partial charge in [0.2, 0.25) is 0 Å². The lowest BCUT2D eigenvalue weighted by Gasteiger charge is -2.34. The van der Waals surface area contributed by atoms with Crippen molar-refractivity contribution in [2.24, 2.45) is 7.05 Å². The molecule has 1 aromatic heterocycles. The van der Waals surface area contributed by atoms with Crippen molar-refractivity contribution < 1.29 is 14.6 Å². The zero-order chi connectivity index (χ0) is 17.4. The molecule has 2 N–H and O–H groups in total. The van der Waals surface area contributed by atoms with Crippen LogP contribution in [-0.2, 0) is 11.8 Å². The number of fused-ring (bicyclic) bond motifs is 2. The number of ether oxygens (including phenoxy) is 1. The fourth-order valence-electron chi connectivity index (χ4n) is 4.13. The van der Waals surface area contributed by atoms with Crippen LogP contribution in [0.15, 0.2) is 30.5 Å². The minimum Gasteiger partial charge on any atom is -0.396 e. The number of aliphatic hydroxyl groups excluding tert-OH is 1. The number of aliphatic hydroxyl groups is 1. The van der Waals surface area contributed by atoms with Crippen LogP contribution in [0.2, 0.25) is 0 Å². The molecule has 134 valence electrons. The van der Waals surface area contributed by atoms with Gasteiger partial charge in [0, 0.05) is 61.5 Å². The fraction of sp³-hybridized carbons (Fsp3) is 0.526. The molecular formula is C19H25N3O3. The summed E-state index contributed by atoms with van der Waals surface area (Å²) in [6, 6.07) is 8.36. The highest BCUT2D eigenvalue weighted by molar-refractivity contribution is 6.06. The Hall–Kier alpha value is -1.89. The van der Waals surface area contributed by atoms with Crippen LogP contribution < -0.4 is 5.32 Å². The molecule has 6 nitrogen and oxygen atoms in total. The second-order valence-electron chi connectivity index (χ2n) is 7.15. The molecule has 0 unspecified atom stereocenters. The van der Waals surface area contributed by atoms with Crippen LogP contribution in [0.1, 0.15) is 23.2 Å². The van der Waals surface area contributed by atoms with Crippen molar-refractivity contribution >= 4 is 16.8 Å². The number of amides is 1. The zero-order valence-electron chi connectivity index (χ0n) is 14.5. The average Bonchev–Trinajstić information content (AvgIpc) is 3.18. The van der Waals surface area contributed by atoms with E-state index in [2.05, 4.69) is 10.2 Å². The first-order valence-corrected chi connectivity index (χ1v) is 8.97. The predicted octanol–water partition coefficient (Wildman–Crippen LogP) is 1.13. The predicted molar refractivity (Wildman–Crippen MR) is 95.6 cm³/mol. The second kappa shape index (κ2) is 6.78. The van der Waals surface area contributed by atoms with Gasteiger partial charge in [-0.1, -0.05) is 6.07 Å². The highest BCUT2D eigenvalue weighted by Gasteiger charge is 2.37. The summed E-state index contributed by atoms with van der Waals surface area (Å²) in [6.07, 6.45) is 3.68. The summed E-state index contributed by atoms with van der Waals surface area (Å²) in [5.74, 6) is -0.00512. The molecule has 25 heavy (non-hydrogen) atoms. The molecule has 6 heteroatoms. The monoisotopic (exact) mass is 343 g/mol. The number of morpholine rings is 1. The third kappa shape index (κ3) is 3.17. The van der Waals surface area contributed by atoms with Gasteiger partial charge < -0.3 is 19.7 Å². The fourth-order valence-corrected chi connectivity index (χ4v) is 4.13. The molecule has 0 radical (unpaired) electrons. The smallest absolute Gasteiger partial charge is 0.252 e. The van der Waals surface area contributed by atoms with Crippen LogP contribution in [0.5, 0.6) is 0 Å². The van der Waals surface area contributed by atoms with Gasteiger partial charge >= 0.3 is 0 Å². The van der Waals surface area contributed by atoms with Crippen molar-refractivity contribution in [1.82, 2.24) is 14.8 Å². The van der Waals surface area contributed by atoms with Crippen molar-refractivity contribution in [2.45, 2.75) is 31.0 Å². The standard InChI is InChI=1S/C19H25N3O3/c1-21-7-5-16-17(3-2-4-18(16)21)19(24)20-13-9-14-12-25-15(6-8-23)11-22(14)10-13/h2-5,7,13-15,23H,6,8-12H2,1H3,(H,20,24)/t13-,14-,15-/m0/s1. The Morgan fingerprint density at radius 1 is 1.36 bits per heavy atom. The van der Waals surface area contributed by atoms with Crippen LogP contribution in [0, 0.1) is 0 Å². The van der Waals surface area contributed by atoms with Crippen molar-refractivity contribution in [1.29, 1.82) is 0 Å². The van der Waals surface area contributed by atoms with Gasteiger partial charge in [-0.05, 0) is 31.0 Å². The number of nitrogens with one attached hydrogen (secondary N) is 1. The summed E-state index contributed by atoms with van der Waals surface area (Å²) >= 11 is 0. The Bertz CT molecular complexity index is 772. The SMILES string of the molecule is Cn1ccc2c(C(=O)N[C@H]3C[C@H]4CO[C@@H](CCO)CN4C3)cccc21. The normalized spacial score (nSPS) is 26.7. The van der Waals surface area contributed by atoms with Crippen LogP contribution in [0.3, 0.4) is 0 Å². The van der Waals surface area contributed by atoms with Crippen LogP contribution in [-0.4, -0.2) is 65.0 Å². The van der Waals surface area contributed by atoms with E-state index in [0.717, 1.165) is 36.0 Å². The number of aromatic nitrogens is 1. The summed E-state index contributed by atoms with van der Waals surface area (Å²) in [5, 5.41) is 13.3. The number of hydrogen-bond donors (Lipinski definition) is 2. The number of hydrogen-bond acceptors (Lipinski definition) is 4. The maximum atomic E-state index is 12.8. The number of carbonyl (C=O) groups excluding carboxylic acids is 1. The first-order valence-electron chi connectivity index (χ1n) is 8.97. The minimum atomic E-state index is -0.00512. The third-order valence-corrected chi connectivity index (χ3v) is 5.45. The Morgan fingerprint density at radius 3 is 3.08 bits per heavy atom. The van der Waals surface area contributed by atoms with E-state index in [1.54, 1.807) is 0 Å². The van der Waals surface area contributed by atoms with E-state index in [-0.39, 0.29) is 24.7 Å². The lowest BCUT2D eigenvalue weighted by molar-refractivity contribution is -0.0566. The largest absolute Gasteiger partial charge is 0.396 e. The Kier molecular flexibility index (Phi) is 4.50. The van der Waals surface area contributed by atoms with E-state index in [0.29, 0.717) is 19.1 Å². The molecule has 3 heterocycles. The summed E-state index contributed by atoms with van der Waals surface area (Å²) in [7, 11) is 1.99. The van der Waals surface area contributed by atoms with E-state index in [4.69, 9.17) is 9.84 Å². The first kappa shape index (κ1) is 16.6. The van der Waals surface area contributed by atoms with Gasteiger partial charge in [-0.25, -0.2) is 0 Å². The van der Waals surface area contributed by atoms with Gasteiger partial charge in [0.25, 0.3) is 5.91 Å². The molecule has 2 fully saturated rings. The molecule has 0 spiro atoms. The van der Waals surface area contributed by atoms with Gasteiger partial charge in [0.05, 0.1) is 12.7 Å². The number of rotatable bonds is 4. The van der Waals surface area contributed by atoms with Crippen LogP contribution in [0.4, 0.5) is 0 Å². The van der Waals surface area contributed by atoms with Crippen LogP contribution in [0.25, 0.3) is 10.9 Å². The van der Waals surface area contributed by atoms with Gasteiger partial charge in [-0.15, -0.1) is 0 Å². The van der Waals surface area contributed by atoms with E-state index >= 15 is 0 Å². The Morgan fingerprint density at radius 2 is 2.24 bits per heavy atom. The summed E-state index contributed by atoms with van der Waals surface area (Å²) in [5.41, 5.74) is 1.80. The molecule has 2 aromatic rings. The quantitative estimate of drug-likeness (QED) is 0.873. The molecule has 2 aliphatic rings. The molecule has 1 amide bonds. The Labute approximate surface area is 147 Å². The van der Waals surface area contributed by atoms with Gasteiger partial charge in [-0.2, -0.15) is 0 Å². The summed E-state index contributed by atoms with van der Waals surface area (Å²) < 4.78 is 7.84. The molecule has 2 saturated heterocycles. The second-order valence-corrected chi connectivity index (χ2v) is 7.15. The highest BCUT2D eigenvalue weighted by atomic mass is 16.5. The first-order chi connectivity index (χ1) is 12.2. The molecule has 0 bridgehead atoms. The molecule has 1 aromatic carbocycles. The lowest BCUT2D eigenvalue weighted by atomic mass is 10.1. The zero-order valence-corrected chi connectivity index (χ0v) is 14.5. The molecular weight excluding hydrogens is 318 g/mol. The van der Waals surface area contributed by atoms with E-state index in [9.17, 15) is 4.79 Å². The van der Waals surface area contributed by atoms with Crippen molar-refractivity contribution in [3.63, 3.8) is 0 Å². The minimum absolute atomic E-state index is 0.00512. The van der Waals surface area contributed by atoms with E-state index in [1.165, 1.54) is 0 Å². The number of aryl methyl sites for hydroxylation is 1. The average molecular weight is 343 g/mol.